The molecule has 8 nitrogen and oxygen atoms in total. The molecule has 0 aromatic heterocycles. The maximum atomic E-state index is 13.0. The Labute approximate surface area is 184 Å². The predicted octanol–water partition coefficient (Wildman–Crippen LogP) is 2.14. The Morgan fingerprint density at radius 2 is 1.74 bits per heavy atom. The van der Waals surface area contributed by atoms with Gasteiger partial charge in [0, 0.05) is 25.8 Å². The lowest BCUT2D eigenvalue weighted by Crippen LogP contribution is -2.48. The van der Waals surface area contributed by atoms with E-state index in [-0.39, 0.29) is 17.1 Å². The van der Waals surface area contributed by atoms with E-state index in [0.29, 0.717) is 31.9 Å². The highest BCUT2D eigenvalue weighted by molar-refractivity contribution is 7.89. The van der Waals surface area contributed by atoms with Crippen molar-refractivity contribution in [1.29, 1.82) is 0 Å². The van der Waals surface area contributed by atoms with Crippen molar-refractivity contribution in [3.63, 3.8) is 0 Å². The molecule has 0 unspecified atom stereocenters. The van der Waals surface area contributed by atoms with Crippen molar-refractivity contribution in [3.05, 3.63) is 54.1 Å². The van der Waals surface area contributed by atoms with E-state index in [9.17, 15) is 13.2 Å². The number of rotatable bonds is 13. The summed E-state index contributed by atoms with van der Waals surface area (Å²) < 4.78 is 44.2. The summed E-state index contributed by atoms with van der Waals surface area (Å²) in [6.45, 7) is 3.42. The SMILES string of the molecule is CCOCCCNC(=O)[C@H](Cc1ccccc1)NS(=O)(=O)c1ccc(OC)c(OC)c1. The lowest BCUT2D eigenvalue weighted by atomic mass is 10.1. The van der Waals surface area contributed by atoms with Crippen LogP contribution in [0.2, 0.25) is 0 Å². The normalized spacial score (nSPS) is 12.2. The van der Waals surface area contributed by atoms with Crippen LogP contribution in [0.25, 0.3) is 0 Å². The smallest absolute Gasteiger partial charge is 0.241 e. The number of nitrogens with one attached hydrogen (secondary N) is 2. The second-order valence-electron chi connectivity index (χ2n) is 6.72. The van der Waals surface area contributed by atoms with Gasteiger partial charge in [0.2, 0.25) is 15.9 Å². The maximum absolute atomic E-state index is 13.0. The molecule has 0 saturated heterocycles. The average molecular weight is 451 g/mol. The molecule has 0 aliphatic rings. The zero-order chi connectivity index (χ0) is 22.7. The van der Waals surface area contributed by atoms with Gasteiger partial charge >= 0.3 is 0 Å². The summed E-state index contributed by atoms with van der Waals surface area (Å²) in [6.07, 6.45) is 0.852. The quantitative estimate of drug-likeness (QED) is 0.453. The van der Waals surface area contributed by atoms with Crippen molar-refractivity contribution < 1.29 is 27.4 Å². The van der Waals surface area contributed by atoms with E-state index in [1.54, 1.807) is 0 Å². The first-order valence-electron chi connectivity index (χ1n) is 10.0. The van der Waals surface area contributed by atoms with E-state index in [4.69, 9.17) is 14.2 Å². The minimum Gasteiger partial charge on any atom is -0.493 e. The third-order valence-electron chi connectivity index (χ3n) is 4.53. The molecule has 9 heteroatoms. The molecule has 0 radical (unpaired) electrons. The van der Waals surface area contributed by atoms with E-state index in [1.807, 2.05) is 37.3 Å². The molecular formula is C22H30N2O6S. The molecular weight excluding hydrogens is 420 g/mol. The van der Waals surface area contributed by atoms with Crippen LogP contribution in [0.4, 0.5) is 0 Å². The van der Waals surface area contributed by atoms with Gasteiger partial charge in [0.25, 0.3) is 0 Å². The average Bonchev–Trinajstić information content (AvgIpc) is 2.78. The summed E-state index contributed by atoms with van der Waals surface area (Å²) in [5.41, 5.74) is 0.840. The van der Waals surface area contributed by atoms with Gasteiger partial charge in [-0.3, -0.25) is 4.79 Å². The number of sulfonamides is 1. The van der Waals surface area contributed by atoms with Gasteiger partial charge in [0.1, 0.15) is 6.04 Å². The van der Waals surface area contributed by atoms with Crippen LogP contribution in [0.3, 0.4) is 0 Å². The lowest BCUT2D eigenvalue weighted by molar-refractivity contribution is -0.122. The summed E-state index contributed by atoms with van der Waals surface area (Å²) in [6, 6.07) is 12.5. The monoisotopic (exact) mass is 450 g/mol. The summed E-state index contributed by atoms with van der Waals surface area (Å²) in [7, 11) is -1.10. The molecule has 2 aromatic rings. The van der Waals surface area contributed by atoms with E-state index in [2.05, 4.69) is 10.0 Å². The van der Waals surface area contributed by atoms with Gasteiger partial charge in [0.05, 0.1) is 19.1 Å². The van der Waals surface area contributed by atoms with E-state index in [1.165, 1.54) is 32.4 Å². The third kappa shape index (κ3) is 7.54. The molecule has 0 aliphatic carbocycles. The number of carbonyl (C=O) groups is 1. The summed E-state index contributed by atoms with van der Waals surface area (Å²) >= 11 is 0. The molecule has 1 amide bonds. The summed E-state index contributed by atoms with van der Waals surface area (Å²) in [5.74, 6) is 0.295. The van der Waals surface area contributed by atoms with Crippen molar-refractivity contribution in [2.75, 3.05) is 34.0 Å². The fraction of sp³-hybridized carbons (Fsp3) is 0.409. The number of methoxy groups -OCH3 is 2. The van der Waals surface area contributed by atoms with Crippen LogP contribution in [-0.4, -0.2) is 54.3 Å². The second kappa shape index (κ2) is 12.3. The topological polar surface area (TPSA) is 103 Å². The number of ether oxygens (including phenoxy) is 3. The molecule has 2 aromatic carbocycles. The molecule has 2 N–H and O–H groups in total. The molecule has 2 rings (SSSR count). The van der Waals surface area contributed by atoms with Crippen molar-refractivity contribution >= 4 is 15.9 Å². The fourth-order valence-corrected chi connectivity index (χ4v) is 4.14. The molecule has 0 bridgehead atoms. The predicted molar refractivity (Wildman–Crippen MR) is 118 cm³/mol. The summed E-state index contributed by atoms with van der Waals surface area (Å²) in [4.78, 5) is 12.8. The Morgan fingerprint density at radius 3 is 2.39 bits per heavy atom. The molecule has 170 valence electrons. The largest absolute Gasteiger partial charge is 0.493 e. The second-order valence-corrected chi connectivity index (χ2v) is 8.44. The number of amides is 1. The van der Waals surface area contributed by atoms with Gasteiger partial charge in [-0.1, -0.05) is 30.3 Å². The molecule has 0 heterocycles. The van der Waals surface area contributed by atoms with Gasteiger partial charge in [-0.25, -0.2) is 8.42 Å². The number of hydrogen-bond acceptors (Lipinski definition) is 6. The number of carbonyl (C=O) groups excluding carboxylic acids is 1. The Balaban J connectivity index is 2.19. The highest BCUT2D eigenvalue weighted by Crippen LogP contribution is 2.29. The van der Waals surface area contributed by atoms with Crippen LogP contribution < -0.4 is 19.5 Å². The first-order valence-corrected chi connectivity index (χ1v) is 11.5. The third-order valence-corrected chi connectivity index (χ3v) is 6.00. The van der Waals surface area contributed by atoms with Gasteiger partial charge in [-0.05, 0) is 37.5 Å². The van der Waals surface area contributed by atoms with Crippen LogP contribution in [0.15, 0.2) is 53.4 Å². The van der Waals surface area contributed by atoms with Crippen molar-refractivity contribution in [3.8, 4) is 11.5 Å². The van der Waals surface area contributed by atoms with Crippen molar-refractivity contribution in [2.45, 2.75) is 30.7 Å². The minimum absolute atomic E-state index is 0.0210. The standard InChI is InChI=1S/C22H30N2O6S/c1-4-30-14-8-13-23-22(25)19(15-17-9-6-5-7-10-17)24-31(26,27)18-11-12-20(28-2)21(16-18)29-3/h5-7,9-12,16,19,24H,4,8,13-15H2,1-3H3,(H,23,25)/t19-/m0/s1. The Kier molecular flexibility index (Phi) is 9.77. The zero-order valence-corrected chi connectivity index (χ0v) is 18.9. The molecule has 31 heavy (non-hydrogen) atoms. The first kappa shape index (κ1) is 24.6. The van der Waals surface area contributed by atoms with Crippen LogP contribution in [0.5, 0.6) is 11.5 Å². The molecule has 0 aliphatic heterocycles. The first-order chi connectivity index (χ1) is 14.9. The van der Waals surface area contributed by atoms with Crippen molar-refractivity contribution in [2.24, 2.45) is 0 Å². The van der Waals surface area contributed by atoms with Crippen molar-refractivity contribution in [1.82, 2.24) is 10.0 Å². The van der Waals surface area contributed by atoms with Crippen LogP contribution >= 0.6 is 0 Å². The highest BCUT2D eigenvalue weighted by atomic mass is 32.2. The minimum atomic E-state index is -3.99. The lowest BCUT2D eigenvalue weighted by Gasteiger charge is -2.19. The molecule has 0 spiro atoms. The summed E-state index contributed by atoms with van der Waals surface area (Å²) in [5, 5.41) is 2.79. The van der Waals surface area contributed by atoms with Gasteiger partial charge in [0.15, 0.2) is 11.5 Å². The molecule has 0 saturated carbocycles. The molecule has 1 atom stereocenters. The van der Waals surface area contributed by atoms with Gasteiger partial charge < -0.3 is 19.5 Å². The number of hydrogen-bond donors (Lipinski definition) is 2. The van der Waals surface area contributed by atoms with E-state index in [0.717, 1.165) is 5.56 Å². The van der Waals surface area contributed by atoms with Crippen LogP contribution in [0, 0.1) is 0 Å². The molecule has 0 fully saturated rings. The number of benzene rings is 2. The Hall–Kier alpha value is -2.62. The maximum Gasteiger partial charge on any atom is 0.241 e. The Bertz CT molecular complexity index is 934. The Morgan fingerprint density at radius 1 is 1.03 bits per heavy atom. The van der Waals surface area contributed by atoms with Gasteiger partial charge in [-0.15, -0.1) is 0 Å². The van der Waals surface area contributed by atoms with E-state index >= 15 is 0 Å². The van der Waals surface area contributed by atoms with E-state index < -0.39 is 22.0 Å². The van der Waals surface area contributed by atoms with Gasteiger partial charge in [-0.2, -0.15) is 4.72 Å². The van der Waals surface area contributed by atoms with Crippen LogP contribution in [0.1, 0.15) is 18.9 Å². The zero-order valence-electron chi connectivity index (χ0n) is 18.1. The highest BCUT2D eigenvalue weighted by Gasteiger charge is 2.26. The fourth-order valence-electron chi connectivity index (χ4n) is 2.93. The van der Waals surface area contributed by atoms with Crippen LogP contribution in [-0.2, 0) is 26.0 Å².